The van der Waals surface area contributed by atoms with E-state index in [1.54, 1.807) is 48.5 Å². The summed E-state index contributed by atoms with van der Waals surface area (Å²) >= 11 is 11.8. The molecule has 0 saturated carbocycles. The molecule has 0 atom stereocenters. The second-order valence-electron chi connectivity index (χ2n) is 4.49. The van der Waals surface area contributed by atoms with Crippen LogP contribution in [0.2, 0.25) is 10.0 Å². The molecule has 0 bridgehead atoms. The zero-order valence-corrected chi connectivity index (χ0v) is 13.2. The van der Waals surface area contributed by atoms with E-state index in [1.807, 2.05) is 0 Å². The van der Waals surface area contributed by atoms with Gasteiger partial charge in [-0.05, 0) is 55.0 Å². The first-order chi connectivity index (χ1) is 9.56. The Morgan fingerprint density at radius 2 is 1.25 bits per heavy atom. The Labute approximate surface area is 128 Å². The van der Waals surface area contributed by atoms with Crippen molar-refractivity contribution in [2.45, 2.75) is 6.42 Å². The molecule has 0 fully saturated rings. The van der Waals surface area contributed by atoms with Gasteiger partial charge in [-0.3, -0.25) is 0 Å². The van der Waals surface area contributed by atoms with E-state index in [1.165, 1.54) is 0 Å². The first-order valence-corrected chi connectivity index (χ1v) is 8.93. The Bertz CT molecular complexity index is 559. The van der Waals surface area contributed by atoms with Crippen LogP contribution in [0.15, 0.2) is 48.5 Å². The minimum Gasteiger partial charge on any atom is -0.396 e. The SMILES string of the molecule is O=P(CCCO)(c1ccc(Cl)cc1)c1ccc(Cl)cc1. The molecular formula is C15H15Cl2O2P. The molecule has 0 saturated heterocycles. The van der Waals surface area contributed by atoms with Gasteiger partial charge >= 0.3 is 0 Å². The van der Waals surface area contributed by atoms with E-state index in [-0.39, 0.29) is 6.61 Å². The second-order valence-corrected chi connectivity index (χ2v) is 8.33. The third-order valence-corrected chi connectivity index (χ3v) is 6.83. The quantitative estimate of drug-likeness (QED) is 0.850. The Morgan fingerprint density at radius 3 is 1.60 bits per heavy atom. The summed E-state index contributed by atoms with van der Waals surface area (Å²) in [6.07, 6.45) is 0.912. The molecule has 0 aliphatic carbocycles. The van der Waals surface area contributed by atoms with Gasteiger partial charge in [-0.2, -0.15) is 0 Å². The first-order valence-electron chi connectivity index (χ1n) is 6.28. The first kappa shape index (κ1) is 15.6. The van der Waals surface area contributed by atoms with Gasteiger partial charge in [0.15, 0.2) is 0 Å². The highest BCUT2D eigenvalue weighted by atomic mass is 35.5. The van der Waals surface area contributed by atoms with Crippen LogP contribution in [-0.2, 0) is 4.57 Å². The summed E-state index contributed by atoms with van der Waals surface area (Å²) in [6.45, 7) is 0.0190. The zero-order valence-electron chi connectivity index (χ0n) is 10.8. The normalized spacial score (nSPS) is 11.6. The van der Waals surface area contributed by atoms with Crippen molar-refractivity contribution in [3.05, 3.63) is 58.6 Å². The molecule has 1 N–H and O–H groups in total. The van der Waals surface area contributed by atoms with E-state index in [0.29, 0.717) is 22.6 Å². The van der Waals surface area contributed by atoms with Crippen LogP contribution in [0.25, 0.3) is 0 Å². The third-order valence-electron chi connectivity index (χ3n) is 3.12. The molecule has 20 heavy (non-hydrogen) atoms. The number of halogens is 2. The van der Waals surface area contributed by atoms with E-state index >= 15 is 0 Å². The van der Waals surface area contributed by atoms with E-state index in [9.17, 15) is 4.57 Å². The minimum atomic E-state index is -2.76. The van der Waals surface area contributed by atoms with Gasteiger partial charge in [0.2, 0.25) is 0 Å². The van der Waals surface area contributed by atoms with Crippen LogP contribution in [-0.4, -0.2) is 17.9 Å². The third kappa shape index (κ3) is 3.45. The van der Waals surface area contributed by atoms with Gasteiger partial charge in [-0.1, -0.05) is 23.2 Å². The van der Waals surface area contributed by atoms with E-state index < -0.39 is 7.14 Å². The highest BCUT2D eigenvalue weighted by Gasteiger charge is 2.26. The van der Waals surface area contributed by atoms with Crippen LogP contribution < -0.4 is 10.6 Å². The number of hydrogen-bond acceptors (Lipinski definition) is 2. The van der Waals surface area contributed by atoms with Crippen molar-refractivity contribution in [3.63, 3.8) is 0 Å². The van der Waals surface area contributed by atoms with Gasteiger partial charge in [0.25, 0.3) is 0 Å². The van der Waals surface area contributed by atoms with Crippen molar-refractivity contribution in [1.82, 2.24) is 0 Å². The molecule has 106 valence electrons. The van der Waals surface area contributed by atoms with Crippen molar-refractivity contribution in [2.75, 3.05) is 12.8 Å². The van der Waals surface area contributed by atoms with Gasteiger partial charge in [-0.25, -0.2) is 0 Å². The van der Waals surface area contributed by atoms with Crippen molar-refractivity contribution < 1.29 is 9.67 Å². The maximum absolute atomic E-state index is 13.4. The van der Waals surface area contributed by atoms with Crippen molar-refractivity contribution in [3.8, 4) is 0 Å². The van der Waals surface area contributed by atoms with Crippen LogP contribution in [0, 0.1) is 0 Å². The fraction of sp³-hybridized carbons (Fsp3) is 0.200. The molecule has 0 aromatic heterocycles. The lowest BCUT2D eigenvalue weighted by Gasteiger charge is -2.19. The summed E-state index contributed by atoms with van der Waals surface area (Å²) in [6, 6.07) is 14.1. The summed E-state index contributed by atoms with van der Waals surface area (Å²) in [5.74, 6) is 0. The summed E-state index contributed by atoms with van der Waals surface area (Å²) in [4.78, 5) is 0. The lowest BCUT2D eigenvalue weighted by molar-refractivity contribution is 0.295. The summed E-state index contributed by atoms with van der Waals surface area (Å²) < 4.78 is 13.4. The molecule has 5 heteroatoms. The second kappa shape index (κ2) is 6.78. The van der Waals surface area contributed by atoms with Crippen LogP contribution in [0.3, 0.4) is 0 Å². The summed E-state index contributed by atoms with van der Waals surface area (Å²) in [7, 11) is -2.76. The van der Waals surface area contributed by atoms with Crippen molar-refractivity contribution in [2.24, 2.45) is 0 Å². The number of aliphatic hydroxyl groups excluding tert-OH is 1. The highest BCUT2D eigenvalue weighted by molar-refractivity contribution is 7.78. The van der Waals surface area contributed by atoms with E-state index in [4.69, 9.17) is 28.3 Å². The van der Waals surface area contributed by atoms with Crippen LogP contribution in [0.1, 0.15) is 6.42 Å². The minimum absolute atomic E-state index is 0.0190. The molecule has 0 amide bonds. The van der Waals surface area contributed by atoms with Crippen LogP contribution >= 0.6 is 30.3 Å². The fourth-order valence-corrected chi connectivity index (χ4v) is 4.98. The van der Waals surface area contributed by atoms with Crippen LogP contribution in [0.5, 0.6) is 0 Å². The van der Waals surface area contributed by atoms with Gasteiger partial charge in [0.1, 0.15) is 7.14 Å². The fourth-order valence-electron chi connectivity index (χ4n) is 2.06. The monoisotopic (exact) mass is 328 g/mol. The predicted molar refractivity (Wildman–Crippen MR) is 86.3 cm³/mol. The zero-order chi connectivity index (χ0) is 14.6. The predicted octanol–water partition coefficient (Wildman–Crippen LogP) is 3.69. The maximum Gasteiger partial charge on any atom is 0.143 e. The standard InChI is InChI=1S/C15H15Cl2O2P/c16-12-2-6-14(7-3-12)20(19,11-1-10-18)15-8-4-13(17)5-9-15/h2-9,18H,1,10-11H2. The topological polar surface area (TPSA) is 37.3 Å². The van der Waals surface area contributed by atoms with Gasteiger partial charge in [0.05, 0.1) is 0 Å². The lowest BCUT2D eigenvalue weighted by Crippen LogP contribution is -2.19. The molecule has 0 unspecified atom stereocenters. The molecule has 0 radical (unpaired) electrons. The molecule has 2 aromatic rings. The number of benzene rings is 2. The molecular weight excluding hydrogens is 314 g/mol. The summed E-state index contributed by atoms with van der Waals surface area (Å²) in [5.41, 5.74) is 0. The Balaban J connectivity index is 2.47. The molecule has 2 rings (SSSR count). The van der Waals surface area contributed by atoms with Gasteiger partial charge in [-0.15, -0.1) is 0 Å². The largest absolute Gasteiger partial charge is 0.396 e. The average molecular weight is 329 g/mol. The number of aliphatic hydroxyl groups is 1. The smallest absolute Gasteiger partial charge is 0.143 e. The van der Waals surface area contributed by atoms with Crippen LogP contribution in [0.4, 0.5) is 0 Å². The molecule has 0 heterocycles. The number of hydrogen-bond donors (Lipinski definition) is 1. The van der Waals surface area contributed by atoms with Crippen molar-refractivity contribution in [1.29, 1.82) is 0 Å². The Morgan fingerprint density at radius 1 is 0.850 bits per heavy atom. The van der Waals surface area contributed by atoms with E-state index in [2.05, 4.69) is 0 Å². The van der Waals surface area contributed by atoms with Crippen molar-refractivity contribution >= 4 is 41.0 Å². The average Bonchev–Trinajstić information content (AvgIpc) is 2.46. The number of rotatable bonds is 5. The van der Waals surface area contributed by atoms with Gasteiger partial charge < -0.3 is 9.67 Å². The Hall–Kier alpha value is -0.790. The molecule has 0 aliphatic rings. The molecule has 2 nitrogen and oxygen atoms in total. The Kier molecular flexibility index (Phi) is 5.29. The van der Waals surface area contributed by atoms with Gasteiger partial charge in [0, 0.05) is 33.4 Å². The lowest BCUT2D eigenvalue weighted by atomic mass is 10.4. The van der Waals surface area contributed by atoms with E-state index in [0.717, 1.165) is 10.6 Å². The summed E-state index contributed by atoms with van der Waals surface area (Å²) in [5, 5.41) is 11.8. The maximum atomic E-state index is 13.4. The highest BCUT2D eigenvalue weighted by Crippen LogP contribution is 2.44. The molecule has 0 spiro atoms. The molecule has 0 aliphatic heterocycles. The molecule has 2 aromatic carbocycles.